The summed E-state index contributed by atoms with van der Waals surface area (Å²) < 4.78 is 0. The molecule has 4 amide bonds. The highest BCUT2D eigenvalue weighted by Gasteiger charge is 2.30. The molecule has 0 aliphatic carbocycles. The number of benzene rings is 3. The summed E-state index contributed by atoms with van der Waals surface area (Å²) in [6, 6.07) is 20.2. The average Bonchev–Trinajstić information content (AvgIpc) is 3.47. The van der Waals surface area contributed by atoms with Gasteiger partial charge in [-0.2, -0.15) is 0 Å². The molecule has 1 heterocycles. The Labute approximate surface area is 272 Å². The highest BCUT2D eigenvalue weighted by molar-refractivity contribution is 5.95. The van der Waals surface area contributed by atoms with Gasteiger partial charge in [-0.3, -0.25) is 24.0 Å². The summed E-state index contributed by atoms with van der Waals surface area (Å²) in [5.41, 5.74) is 9.47. The predicted octanol–water partition coefficient (Wildman–Crippen LogP) is 1.59. The highest BCUT2D eigenvalue weighted by Crippen LogP contribution is 2.19. The zero-order chi connectivity index (χ0) is 33.9. The quantitative estimate of drug-likeness (QED) is 0.102. The second-order valence-electron chi connectivity index (χ2n) is 11.5. The average molecular weight is 641 g/mol. The van der Waals surface area contributed by atoms with E-state index in [0.29, 0.717) is 0 Å². The van der Waals surface area contributed by atoms with Crippen LogP contribution in [-0.2, 0) is 43.2 Å². The molecule has 4 rings (SSSR count). The molecule has 246 valence electrons. The van der Waals surface area contributed by atoms with Crippen LogP contribution in [0, 0.1) is 0 Å². The number of carboxylic acids is 1. The van der Waals surface area contributed by atoms with Crippen molar-refractivity contribution in [1.29, 1.82) is 0 Å². The Hall–Kier alpha value is -5.49. The number of aromatic nitrogens is 1. The van der Waals surface area contributed by atoms with E-state index in [-0.39, 0.29) is 19.3 Å². The third-order valence-electron chi connectivity index (χ3n) is 7.76. The van der Waals surface area contributed by atoms with E-state index in [2.05, 4.69) is 26.3 Å². The van der Waals surface area contributed by atoms with Gasteiger partial charge < -0.3 is 37.1 Å². The summed E-state index contributed by atoms with van der Waals surface area (Å²) in [4.78, 5) is 67.7. The molecule has 3 aromatic carbocycles. The first-order valence-corrected chi connectivity index (χ1v) is 15.3. The van der Waals surface area contributed by atoms with Crippen molar-refractivity contribution in [3.63, 3.8) is 0 Å². The Morgan fingerprint density at radius 2 is 1.13 bits per heavy atom. The maximum atomic E-state index is 13.7. The molecule has 0 radical (unpaired) electrons. The summed E-state index contributed by atoms with van der Waals surface area (Å²) in [6.07, 6.45) is 2.21. The molecule has 0 bridgehead atoms. The second-order valence-corrected chi connectivity index (χ2v) is 11.5. The Morgan fingerprint density at radius 1 is 0.638 bits per heavy atom. The lowest BCUT2D eigenvalue weighted by atomic mass is 10.0. The largest absolute Gasteiger partial charge is 0.480 e. The van der Waals surface area contributed by atoms with Crippen molar-refractivity contribution in [2.75, 3.05) is 0 Å². The van der Waals surface area contributed by atoms with Crippen LogP contribution < -0.4 is 27.0 Å². The Balaban J connectivity index is 1.45. The van der Waals surface area contributed by atoms with Crippen LogP contribution in [0.25, 0.3) is 10.9 Å². The molecule has 4 aromatic rings. The molecule has 0 saturated heterocycles. The van der Waals surface area contributed by atoms with Gasteiger partial charge in [-0.05, 0) is 43.0 Å². The fraction of sp³-hybridized carbons (Fsp3) is 0.286. The van der Waals surface area contributed by atoms with Crippen LogP contribution in [0.15, 0.2) is 91.1 Å². The fourth-order valence-corrected chi connectivity index (χ4v) is 5.08. The predicted molar refractivity (Wildman–Crippen MR) is 177 cm³/mol. The van der Waals surface area contributed by atoms with Gasteiger partial charge in [-0.25, -0.2) is 0 Å². The monoisotopic (exact) mass is 640 g/mol. The lowest BCUT2D eigenvalue weighted by Gasteiger charge is -2.25. The summed E-state index contributed by atoms with van der Waals surface area (Å²) in [7, 11) is 0. The van der Waals surface area contributed by atoms with E-state index in [0.717, 1.165) is 27.6 Å². The van der Waals surface area contributed by atoms with Crippen LogP contribution in [0.5, 0.6) is 0 Å². The van der Waals surface area contributed by atoms with E-state index >= 15 is 0 Å². The molecule has 0 saturated carbocycles. The molecule has 12 heteroatoms. The Kier molecular flexibility index (Phi) is 11.8. The summed E-state index contributed by atoms with van der Waals surface area (Å²) in [6.45, 7) is 2.81. The number of para-hydroxylation sites is 1. The number of fused-ring (bicyclic) bond motifs is 1. The van der Waals surface area contributed by atoms with Crippen molar-refractivity contribution < 1.29 is 29.1 Å². The second kappa shape index (κ2) is 16.2. The normalized spacial score (nSPS) is 14.2. The summed E-state index contributed by atoms with van der Waals surface area (Å²) in [5.74, 6) is -3.73. The number of H-pyrrole nitrogens is 1. The standard InChI is InChI=1S/C35H40N6O6/c1-21(38-32(43)27(36)19-25-20-37-28-16-10-9-15-26(25)28)31(42)40-30(18-24-13-7-4-8-14-24)34(45)41-29(17-23-11-5-3-6-12-23)33(44)39-22(2)35(46)47/h3-16,20-22,27,29-30,37H,17-19,36H2,1-2H3,(H,38,43)(H,39,44)(H,40,42)(H,41,45)(H,46,47). The van der Waals surface area contributed by atoms with Gasteiger partial charge in [-0.1, -0.05) is 78.9 Å². The third-order valence-corrected chi connectivity index (χ3v) is 7.76. The van der Waals surface area contributed by atoms with Crippen LogP contribution in [-0.4, -0.2) is 69.9 Å². The van der Waals surface area contributed by atoms with Crippen LogP contribution in [0.2, 0.25) is 0 Å². The molecule has 1 aromatic heterocycles. The Bertz CT molecular complexity index is 1690. The van der Waals surface area contributed by atoms with E-state index in [1.807, 2.05) is 36.4 Å². The van der Waals surface area contributed by atoms with Gasteiger partial charge in [-0.15, -0.1) is 0 Å². The molecule has 12 nitrogen and oxygen atoms in total. The SMILES string of the molecule is CC(NC(=O)C(Cc1ccccc1)NC(=O)C(Cc1ccccc1)NC(=O)C(C)NC(=O)C(N)Cc1c[nH]c2ccccc12)C(=O)O. The number of hydrogen-bond donors (Lipinski definition) is 7. The van der Waals surface area contributed by atoms with Crippen molar-refractivity contribution in [3.8, 4) is 0 Å². The first-order valence-electron chi connectivity index (χ1n) is 15.3. The van der Waals surface area contributed by atoms with Crippen molar-refractivity contribution >= 4 is 40.5 Å². The molecule has 8 N–H and O–H groups in total. The molecule has 47 heavy (non-hydrogen) atoms. The smallest absolute Gasteiger partial charge is 0.325 e. The van der Waals surface area contributed by atoms with Crippen LogP contribution in [0.4, 0.5) is 0 Å². The van der Waals surface area contributed by atoms with Crippen molar-refractivity contribution in [2.24, 2.45) is 5.73 Å². The fourth-order valence-electron chi connectivity index (χ4n) is 5.08. The van der Waals surface area contributed by atoms with Crippen LogP contribution in [0.3, 0.4) is 0 Å². The van der Waals surface area contributed by atoms with Gasteiger partial charge in [0.05, 0.1) is 6.04 Å². The molecular weight excluding hydrogens is 600 g/mol. The van der Waals surface area contributed by atoms with E-state index in [1.54, 1.807) is 54.7 Å². The minimum Gasteiger partial charge on any atom is -0.480 e. The highest BCUT2D eigenvalue weighted by atomic mass is 16.4. The van der Waals surface area contributed by atoms with E-state index in [4.69, 9.17) is 5.73 Å². The lowest BCUT2D eigenvalue weighted by Crippen LogP contribution is -2.58. The number of amides is 4. The maximum absolute atomic E-state index is 13.7. The third kappa shape index (κ3) is 9.75. The van der Waals surface area contributed by atoms with Gasteiger partial charge >= 0.3 is 5.97 Å². The molecule has 5 atom stereocenters. The van der Waals surface area contributed by atoms with Gasteiger partial charge in [0.1, 0.15) is 24.2 Å². The van der Waals surface area contributed by atoms with Gasteiger partial charge in [0.15, 0.2) is 0 Å². The number of nitrogens with two attached hydrogens (primary N) is 1. The first-order chi connectivity index (χ1) is 22.5. The minimum atomic E-state index is -1.23. The zero-order valence-electron chi connectivity index (χ0n) is 26.2. The number of carboxylic acid groups (broad SMARTS) is 1. The Morgan fingerprint density at radius 3 is 1.70 bits per heavy atom. The van der Waals surface area contributed by atoms with E-state index in [1.165, 1.54) is 13.8 Å². The number of rotatable bonds is 15. The van der Waals surface area contributed by atoms with Gasteiger partial charge in [0.2, 0.25) is 23.6 Å². The number of aromatic amines is 1. The number of carbonyl (C=O) groups excluding carboxylic acids is 4. The van der Waals surface area contributed by atoms with Gasteiger partial charge in [0.25, 0.3) is 0 Å². The molecule has 0 spiro atoms. The van der Waals surface area contributed by atoms with Crippen molar-refractivity contribution in [3.05, 3.63) is 108 Å². The zero-order valence-corrected chi connectivity index (χ0v) is 26.2. The van der Waals surface area contributed by atoms with Crippen molar-refractivity contribution in [1.82, 2.24) is 26.3 Å². The van der Waals surface area contributed by atoms with Gasteiger partial charge in [0, 0.05) is 29.9 Å². The maximum Gasteiger partial charge on any atom is 0.325 e. The number of carbonyl (C=O) groups is 5. The molecule has 5 unspecified atom stereocenters. The molecule has 0 fully saturated rings. The minimum absolute atomic E-state index is 0.0809. The van der Waals surface area contributed by atoms with Crippen molar-refractivity contribution in [2.45, 2.75) is 63.3 Å². The number of aliphatic carboxylic acids is 1. The summed E-state index contributed by atoms with van der Waals surface area (Å²) in [5, 5.41) is 20.7. The molecular formula is C35H40N6O6. The van der Waals surface area contributed by atoms with E-state index in [9.17, 15) is 29.1 Å². The first kappa shape index (κ1) is 34.4. The molecule has 0 aliphatic heterocycles. The van der Waals surface area contributed by atoms with Crippen LogP contribution in [0.1, 0.15) is 30.5 Å². The van der Waals surface area contributed by atoms with Crippen LogP contribution >= 0.6 is 0 Å². The number of nitrogens with one attached hydrogen (secondary N) is 5. The lowest BCUT2D eigenvalue weighted by molar-refractivity contribution is -0.141. The van der Waals surface area contributed by atoms with E-state index < -0.39 is 59.8 Å². The number of hydrogen-bond acceptors (Lipinski definition) is 6. The molecule has 0 aliphatic rings. The summed E-state index contributed by atoms with van der Waals surface area (Å²) >= 11 is 0. The topological polar surface area (TPSA) is 196 Å².